The minimum absolute atomic E-state index is 0.0759. The van der Waals surface area contributed by atoms with Crippen LogP contribution >= 0.6 is 0 Å². The van der Waals surface area contributed by atoms with Crippen molar-refractivity contribution >= 4 is 35.6 Å². The molecule has 3 fully saturated rings. The predicted octanol–water partition coefficient (Wildman–Crippen LogP) is 7.22. The second-order valence-corrected chi connectivity index (χ2v) is 15.8. The summed E-state index contributed by atoms with van der Waals surface area (Å²) in [6.45, 7) is 16.8. The van der Waals surface area contributed by atoms with Crippen LogP contribution in [0.25, 0.3) is 0 Å². The number of carbonyl (C=O) groups is 6. The molecular weight excluding hydrogens is 720 g/mol. The van der Waals surface area contributed by atoms with Crippen molar-refractivity contribution in [2.45, 2.75) is 123 Å². The maximum atomic E-state index is 13.6. The van der Waals surface area contributed by atoms with Crippen LogP contribution in [0.4, 0.5) is 0 Å². The zero-order chi connectivity index (χ0) is 41.1. The molecule has 0 atom stereocenters. The largest absolute Gasteiger partial charge is 0.465 e. The van der Waals surface area contributed by atoms with E-state index in [-0.39, 0.29) is 68.5 Å². The van der Waals surface area contributed by atoms with Gasteiger partial charge in [0, 0.05) is 5.92 Å². The van der Waals surface area contributed by atoms with Crippen molar-refractivity contribution in [2.24, 2.45) is 40.9 Å². The third-order valence-electron chi connectivity index (χ3n) is 12.3. The molecule has 0 saturated heterocycles. The molecule has 3 aliphatic carbocycles. The van der Waals surface area contributed by atoms with Gasteiger partial charge in [0.2, 0.25) is 0 Å². The highest BCUT2D eigenvalue weighted by Crippen LogP contribution is 2.37. The molecule has 0 spiro atoms. The maximum absolute atomic E-state index is 13.6. The van der Waals surface area contributed by atoms with Gasteiger partial charge in [-0.25, -0.2) is 0 Å². The van der Waals surface area contributed by atoms with Gasteiger partial charge in [-0.05, 0) is 96.3 Å². The molecular formula is C44H66O12. The lowest BCUT2D eigenvalue weighted by atomic mass is 9.74. The molecule has 0 aromatic rings. The van der Waals surface area contributed by atoms with E-state index in [1.165, 1.54) is 12.2 Å². The van der Waals surface area contributed by atoms with E-state index in [2.05, 4.69) is 19.7 Å². The summed E-state index contributed by atoms with van der Waals surface area (Å²) >= 11 is 0. The molecule has 12 heteroatoms. The van der Waals surface area contributed by atoms with Crippen molar-refractivity contribution in [1.29, 1.82) is 0 Å². The number of hydrogen-bond donors (Lipinski definition) is 0. The molecule has 3 rings (SSSR count). The number of ether oxygens (including phenoxy) is 6. The maximum Gasteiger partial charge on any atom is 0.309 e. The van der Waals surface area contributed by atoms with Crippen LogP contribution < -0.4 is 0 Å². The lowest BCUT2D eigenvalue weighted by molar-refractivity contribution is -0.170. The lowest BCUT2D eigenvalue weighted by Gasteiger charge is -2.36. The Morgan fingerprint density at radius 2 is 0.732 bits per heavy atom. The average Bonchev–Trinajstić information content (AvgIpc) is 3.24. The van der Waals surface area contributed by atoms with E-state index in [0.29, 0.717) is 103 Å². The monoisotopic (exact) mass is 786 g/mol. The summed E-state index contributed by atoms with van der Waals surface area (Å²) in [7, 11) is 0. The average molecular weight is 787 g/mol. The summed E-state index contributed by atoms with van der Waals surface area (Å²) in [5.41, 5.74) is -1.87. The molecule has 0 amide bonds. The second-order valence-electron chi connectivity index (χ2n) is 15.8. The smallest absolute Gasteiger partial charge is 0.309 e. The summed E-state index contributed by atoms with van der Waals surface area (Å²) in [6.07, 6.45) is 12.2. The summed E-state index contributed by atoms with van der Waals surface area (Å²) in [6, 6.07) is 0. The Balaban J connectivity index is 1.63. The highest BCUT2D eigenvalue weighted by Gasteiger charge is 2.43. The van der Waals surface area contributed by atoms with Crippen LogP contribution in [0.5, 0.6) is 0 Å². The molecule has 56 heavy (non-hydrogen) atoms. The van der Waals surface area contributed by atoms with Gasteiger partial charge in [-0.1, -0.05) is 52.2 Å². The molecule has 0 N–H and O–H groups in total. The second kappa shape index (κ2) is 23.4. The van der Waals surface area contributed by atoms with Crippen LogP contribution in [0.15, 0.2) is 38.0 Å². The number of Topliss-reactive ketones (excluding diaryl/α,β-unsaturated/α-hetero) is 1. The van der Waals surface area contributed by atoms with E-state index in [9.17, 15) is 28.8 Å². The van der Waals surface area contributed by atoms with Crippen LogP contribution in [0.2, 0.25) is 0 Å². The van der Waals surface area contributed by atoms with E-state index in [1.807, 2.05) is 20.8 Å². The number of carbonyl (C=O) groups excluding carboxylic acids is 6. The fraction of sp³-hybridized carbons (Fsp3) is 0.727. The van der Waals surface area contributed by atoms with Crippen molar-refractivity contribution in [3.63, 3.8) is 0 Å². The first-order valence-corrected chi connectivity index (χ1v) is 20.8. The third-order valence-corrected chi connectivity index (χ3v) is 12.3. The van der Waals surface area contributed by atoms with E-state index in [0.717, 1.165) is 0 Å². The van der Waals surface area contributed by atoms with Crippen molar-refractivity contribution in [3.05, 3.63) is 38.0 Å². The van der Waals surface area contributed by atoms with Gasteiger partial charge in [-0.3, -0.25) is 28.8 Å². The van der Waals surface area contributed by atoms with Gasteiger partial charge in [-0.15, -0.1) is 6.58 Å². The van der Waals surface area contributed by atoms with Crippen molar-refractivity contribution in [2.75, 3.05) is 39.6 Å². The topological polar surface area (TPSA) is 158 Å². The van der Waals surface area contributed by atoms with E-state index >= 15 is 0 Å². The molecule has 0 heterocycles. The number of ketones is 1. The Morgan fingerprint density at radius 1 is 0.446 bits per heavy atom. The molecule has 0 aliphatic heterocycles. The van der Waals surface area contributed by atoms with E-state index in [1.54, 1.807) is 6.08 Å². The van der Waals surface area contributed by atoms with Crippen LogP contribution in [-0.2, 0) is 57.2 Å². The summed E-state index contributed by atoms with van der Waals surface area (Å²) in [5, 5.41) is 0. The Morgan fingerprint density at radius 3 is 1.00 bits per heavy atom. The van der Waals surface area contributed by atoms with Crippen molar-refractivity contribution < 1.29 is 57.2 Å². The van der Waals surface area contributed by atoms with E-state index < -0.39 is 46.7 Å². The zero-order valence-corrected chi connectivity index (χ0v) is 34.1. The Kier molecular flexibility index (Phi) is 19.5. The summed E-state index contributed by atoms with van der Waals surface area (Å²) in [4.78, 5) is 78.4. The van der Waals surface area contributed by atoms with Crippen molar-refractivity contribution in [3.8, 4) is 0 Å². The standard InChI is InChI=1S/C44H66O12/c1-7-25-51-38(46)32-17-21-35(22-18-32)41(49)54-29-43(10-4,30-55-42(50)36-23-19-33(20-24-36)39(47)52-26-8-2)28-53-40(48)34-15-13-31(14-16-34)37(45)44(11-5,12-6)56-27-9-3/h7-9,31-36H,1-3,10-30H2,4-6H3. The van der Waals surface area contributed by atoms with E-state index in [4.69, 9.17) is 28.4 Å². The van der Waals surface area contributed by atoms with Crippen LogP contribution in [0.1, 0.15) is 117 Å². The number of esters is 5. The molecule has 0 aromatic carbocycles. The minimum atomic E-state index is -1.00. The van der Waals surface area contributed by atoms with Crippen LogP contribution in [-0.4, -0.2) is 80.9 Å². The highest BCUT2D eigenvalue weighted by molar-refractivity contribution is 5.89. The van der Waals surface area contributed by atoms with Gasteiger partial charge < -0.3 is 28.4 Å². The predicted molar refractivity (Wildman–Crippen MR) is 209 cm³/mol. The number of rotatable bonds is 23. The first-order valence-electron chi connectivity index (χ1n) is 20.8. The van der Waals surface area contributed by atoms with Gasteiger partial charge in [0.1, 0.15) is 38.6 Å². The lowest BCUT2D eigenvalue weighted by Crippen LogP contribution is -2.45. The fourth-order valence-electron chi connectivity index (χ4n) is 8.16. The SMILES string of the molecule is C=CCOC(=O)C1CCC(C(=O)OCC(CC)(COC(=O)C2CCC(C(=O)OCC=C)CC2)COC(=O)C2CCC(C(=O)C(CC)(CC)OCC=C)CC2)CC1. The van der Waals surface area contributed by atoms with Gasteiger partial charge in [-0.2, -0.15) is 0 Å². The summed E-state index contributed by atoms with van der Waals surface area (Å²) in [5.74, 6) is -3.67. The minimum Gasteiger partial charge on any atom is -0.465 e. The van der Waals surface area contributed by atoms with Crippen molar-refractivity contribution in [1.82, 2.24) is 0 Å². The zero-order valence-electron chi connectivity index (χ0n) is 34.1. The molecule has 3 aliphatic rings. The summed E-state index contributed by atoms with van der Waals surface area (Å²) < 4.78 is 34.1. The molecule has 0 unspecified atom stereocenters. The Hall–Kier alpha value is -3.80. The molecule has 3 saturated carbocycles. The Bertz CT molecular complexity index is 1280. The molecule has 0 radical (unpaired) electrons. The molecule has 12 nitrogen and oxygen atoms in total. The van der Waals surface area contributed by atoms with Crippen LogP contribution in [0, 0.1) is 40.9 Å². The normalized spacial score (nSPS) is 25.0. The van der Waals surface area contributed by atoms with Gasteiger partial charge in [0.15, 0.2) is 5.78 Å². The first kappa shape index (κ1) is 46.6. The first-order chi connectivity index (χ1) is 26.9. The highest BCUT2D eigenvalue weighted by atomic mass is 16.6. The quantitative estimate of drug-likeness (QED) is 0.0583. The van der Waals surface area contributed by atoms with Gasteiger partial charge in [0.25, 0.3) is 0 Å². The third kappa shape index (κ3) is 13.1. The number of hydrogen-bond acceptors (Lipinski definition) is 12. The van der Waals surface area contributed by atoms with Gasteiger partial charge >= 0.3 is 29.8 Å². The Labute approximate surface area is 333 Å². The molecule has 314 valence electrons. The van der Waals surface area contributed by atoms with Crippen LogP contribution in [0.3, 0.4) is 0 Å². The van der Waals surface area contributed by atoms with Gasteiger partial charge in [0.05, 0.1) is 41.6 Å². The fourth-order valence-corrected chi connectivity index (χ4v) is 8.16. The molecule has 0 bridgehead atoms. The molecule has 0 aromatic heterocycles.